The van der Waals surface area contributed by atoms with Crippen LogP contribution in [0.5, 0.6) is 0 Å². The number of nitrogens with zero attached hydrogens (tertiary/aromatic N) is 3. The third-order valence-electron chi connectivity index (χ3n) is 22.7. The first-order valence-electron chi connectivity index (χ1n) is 37.2. The van der Waals surface area contributed by atoms with Crippen LogP contribution in [-0.4, -0.2) is 15.0 Å². The van der Waals surface area contributed by atoms with Crippen LogP contribution in [0.2, 0.25) is 0 Å². The summed E-state index contributed by atoms with van der Waals surface area (Å²) in [6.45, 7) is 0. The average Bonchev–Trinajstić information content (AvgIpc) is 1.56. The molecule has 108 heavy (non-hydrogen) atoms. The molecule has 0 aliphatic heterocycles. The van der Waals surface area contributed by atoms with Crippen molar-refractivity contribution in [2.75, 3.05) is 0 Å². The maximum absolute atomic E-state index is 5.85. The van der Waals surface area contributed by atoms with E-state index in [0.29, 0.717) is 0 Å². The van der Waals surface area contributed by atoms with Crippen molar-refractivity contribution < 1.29 is 0 Å². The molecule has 0 radical (unpaired) electrons. The number of benzene rings is 16. The van der Waals surface area contributed by atoms with E-state index in [2.05, 4.69) is 382 Å². The van der Waals surface area contributed by atoms with Crippen LogP contribution in [0.4, 0.5) is 0 Å². The van der Waals surface area contributed by atoms with Crippen LogP contribution in [-0.2, 0) is 0 Å². The molecule has 3 heteroatoms. The lowest BCUT2D eigenvalue weighted by molar-refractivity contribution is 1.33. The van der Waals surface area contributed by atoms with Gasteiger partial charge in [0, 0.05) is 83.5 Å². The van der Waals surface area contributed by atoms with Gasteiger partial charge in [-0.05, 0) is 134 Å². The van der Waals surface area contributed by atoms with E-state index in [4.69, 9.17) is 15.0 Å². The molecule has 0 saturated carbocycles. The first-order valence-corrected chi connectivity index (χ1v) is 37.2. The van der Waals surface area contributed by atoms with Crippen molar-refractivity contribution in [3.05, 3.63) is 382 Å². The minimum atomic E-state index is 0.946. The van der Waals surface area contributed by atoms with Crippen molar-refractivity contribution >= 4 is 32.3 Å². The van der Waals surface area contributed by atoms with E-state index in [0.717, 1.165) is 134 Å². The van der Waals surface area contributed by atoms with Gasteiger partial charge in [0.1, 0.15) is 0 Å². The summed E-state index contributed by atoms with van der Waals surface area (Å²) in [5, 5.41) is 7.50. The SMILES string of the molecule is c1ccc(-c2nc(-c3ccc(-c4cc(-c5ccc(-c6nc(-c7ccccc7)c7c(c6-c6ccccc6)-c6cccc8cccc-7c68)cc5)cc(-c5ccc(-c6nc(-c7ccccc7)c7c(c6-c6ccccc6)-c6cccc8cccc-7c68)cc5)c4)cc3)c(-c3ccccc3)c3c2-c2cccc4cccc-3c24)cc1. The number of pyridine rings is 3. The van der Waals surface area contributed by atoms with Crippen molar-refractivity contribution in [2.24, 2.45) is 0 Å². The molecule has 0 atom stereocenters. The first-order chi connectivity index (χ1) is 53.6. The molecule has 3 nitrogen and oxygen atoms in total. The van der Waals surface area contributed by atoms with Gasteiger partial charge >= 0.3 is 0 Å². The number of hydrogen-bond donors (Lipinski definition) is 0. The van der Waals surface area contributed by atoms with E-state index < -0.39 is 0 Å². The molecule has 3 aromatic heterocycles. The van der Waals surface area contributed by atoms with Gasteiger partial charge in [-0.25, -0.2) is 15.0 Å². The smallest absolute Gasteiger partial charge is 0.0794 e. The van der Waals surface area contributed by atoms with Crippen molar-refractivity contribution in [3.8, 4) is 201 Å². The number of rotatable bonds is 12. The Morgan fingerprint density at radius 2 is 0.306 bits per heavy atom. The molecule has 16 aromatic carbocycles. The monoisotopic (exact) mass is 1370 g/mol. The maximum Gasteiger partial charge on any atom is 0.0794 e. The van der Waals surface area contributed by atoms with E-state index in [1.807, 2.05) is 0 Å². The molecule has 0 N–H and O–H groups in total. The molecular formula is C105H63N3. The Hall–Kier alpha value is -14.3. The fourth-order valence-electron chi connectivity index (χ4n) is 17.9. The fourth-order valence-corrected chi connectivity index (χ4v) is 17.9. The minimum absolute atomic E-state index is 0.946. The van der Waals surface area contributed by atoms with Gasteiger partial charge in [-0.3, -0.25) is 0 Å². The second kappa shape index (κ2) is 24.7. The lowest BCUT2D eigenvalue weighted by Crippen LogP contribution is -1.99. The maximum atomic E-state index is 5.85. The summed E-state index contributed by atoms with van der Waals surface area (Å²) in [6.07, 6.45) is 0. The van der Waals surface area contributed by atoms with E-state index in [-0.39, 0.29) is 0 Å². The van der Waals surface area contributed by atoms with Crippen LogP contribution in [0, 0.1) is 0 Å². The van der Waals surface area contributed by atoms with Crippen molar-refractivity contribution in [1.29, 1.82) is 0 Å². The summed E-state index contributed by atoms with van der Waals surface area (Å²) >= 11 is 0. The highest BCUT2D eigenvalue weighted by atomic mass is 14.8. The first kappa shape index (κ1) is 61.2. The lowest BCUT2D eigenvalue weighted by Gasteiger charge is -2.20. The van der Waals surface area contributed by atoms with Gasteiger partial charge in [-0.2, -0.15) is 0 Å². The Bertz CT molecular complexity index is 6180. The second-order valence-corrected chi connectivity index (χ2v) is 28.7. The summed E-state index contributed by atoms with van der Waals surface area (Å²) < 4.78 is 0. The summed E-state index contributed by atoms with van der Waals surface area (Å²) in [7, 11) is 0. The normalized spacial score (nSPS) is 11.9. The van der Waals surface area contributed by atoms with Crippen molar-refractivity contribution in [1.82, 2.24) is 15.0 Å². The van der Waals surface area contributed by atoms with Gasteiger partial charge < -0.3 is 0 Å². The summed E-state index contributed by atoms with van der Waals surface area (Å²) in [4.78, 5) is 17.5. The molecule has 498 valence electrons. The summed E-state index contributed by atoms with van der Waals surface area (Å²) in [6, 6.07) is 140. The molecule has 0 saturated heterocycles. The van der Waals surface area contributed by atoms with Gasteiger partial charge in [0.25, 0.3) is 0 Å². The highest BCUT2D eigenvalue weighted by molar-refractivity contribution is 6.25. The average molecular weight is 1370 g/mol. The molecule has 0 bridgehead atoms. The summed E-state index contributed by atoms with van der Waals surface area (Å²) in [5.41, 5.74) is 40.1. The van der Waals surface area contributed by atoms with E-state index in [1.165, 1.54) is 99.1 Å². The Morgan fingerprint density at radius 1 is 0.120 bits per heavy atom. The van der Waals surface area contributed by atoms with Gasteiger partial charge in [-0.15, -0.1) is 0 Å². The van der Waals surface area contributed by atoms with Crippen LogP contribution >= 0.6 is 0 Å². The molecule has 19 aromatic rings. The van der Waals surface area contributed by atoms with Crippen LogP contribution in [0.3, 0.4) is 0 Å². The highest BCUT2D eigenvalue weighted by Gasteiger charge is 2.35. The van der Waals surface area contributed by atoms with Crippen molar-refractivity contribution in [2.45, 2.75) is 0 Å². The predicted octanol–water partition coefficient (Wildman–Crippen LogP) is 28.3. The molecule has 22 rings (SSSR count). The van der Waals surface area contributed by atoms with Gasteiger partial charge in [0.2, 0.25) is 0 Å². The second-order valence-electron chi connectivity index (χ2n) is 28.7. The summed E-state index contributed by atoms with van der Waals surface area (Å²) in [5.74, 6) is 0. The standard InChI is InChI=1S/C105H63N3/c1-7-25-70(26-8-1)91-94-82-43-19-37-67-40-22-46-85(88(67)82)97(94)103(73-31-13-4-14-32-73)106-100(91)76-55-49-64(50-56-76)79-61-80(65-51-57-77(58-52-65)101-92(71-27-9-2-10-28-71)95-83-44-20-38-68-41-23-47-86(89(68)83)98(95)104(107-101)74-33-15-5-16-34-74)63-81(62-79)66-53-59-78(60-54-66)102-93(72-29-11-3-12-30-72)96-84-45-21-39-69-42-24-48-87(90(69)84)99(96)105(108-102)75-35-17-6-18-36-75/h1-63H. The Morgan fingerprint density at radius 3 is 0.537 bits per heavy atom. The van der Waals surface area contributed by atoms with Crippen LogP contribution in [0.25, 0.3) is 233 Å². The zero-order valence-corrected chi connectivity index (χ0v) is 58.7. The van der Waals surface area contributed by atoms with Gasteiger partial charge in [0.15, 0.2) is 0 Å². The van der Waals surface area contributed by atoms with Crippen LogP contribution in [0.1, 0.15) is 0 Å². The molecule has 0 amide bonds. The van der Waals surface area contributed by atoms with Gasteiger partial charge in [-0.1, -0.05) is 364 Å². The third-order valence-corrected chi connectivity index (χ3v) is 22.7. The van der Waals surface area contributed by atoms with Crippen LogP contribution in [0.15, 0.2) is 382 Å². The van der Waals surface area contributed by atoms with E-state index in [9.17, 15) is 0 Å². The molecule has 3 aliphatic rings. The number of fused-ring (bicyclic) bond motifs is 9. The fraction of sp³-hybridized carbons (Fsp3) is 0. The quantitative estimate of drug-likeness (QED) is 0.122. The highest BCUT2D eigenvalue weighted by Crippen LogP contribution is 2.60. The molecule has 0 unspecified atom stereocenters. The van der Waals surface area contributed by atoms with Gasteiger partial charge in [0.05, 0.1) is 34.2 Å². The van der Waals surface area contributed by atoms with E-state index >= 15 is 0 Å². The van der Waals surface area contributed by atoms with E-state index in [1.54, 1.807) is 0 Å². The molecule has 0 fully saturated rings. The predicted molar refractivity (Wildman–Crippen MR) is 451 cm³/mol. The minimum Gasteiger partial charge on any atom is -0.246 e. The van der Waals surface area contributed by atoms with Crippen molar-refractivity contribution in [3.63, 3.8) is 0 Å². The number of hydrogen-bond acceptors (Lipinski definition) is 3. The van der Waals surface area contributed by atoms with Crippen LogP contribution < -0.4 is 0 Å². The Balaban J connectivity index is 0.723. The zero-order valence-electron chi connectivity index (χ0n) is 58.7. The topological polar surface area (TPSA) is 38.7 Å². The Labute approximate surface area is 626 Å². The third kappa shape index (κ3) is 9.66. The molecule has 0 spiro atoms. The molecule has 3 heterocycles. The Kier molecular flexibility index (Phi) is 14.0. The number of aromatic nitrogens is 3. The lowest BCUT2D eigenvalue weighted by atomic mass is 9.86. The molecule has 3 aliphatic carbocycles. The molecular weight excluding hydrogens is 1300 g/mol. The largest absolute Gasteiger partial charge is 0.246 e. The zero-order chi connectivity index (χ0) is 70.9.